The SMILES string of the molecule is CC(C)N(C)S(=O)(=O)c1ccc(CNC(=O)Cc2ccc(N)cc2)cc1.Cl. The number of benzene rings is 2. The zero-order valence-electron chi connectivity index (χ0n) is 15.7. The van der Waals surface area contributed by atoms with E-state index in [0.29, 0.717) is 12.2 Å². The Morgan fingerprint density at radius 1 is 1.04 bits per heavy atom. The lowest BCUT2D eigenvalue weighted by molar-refractivity contribution is -0.120. The molecule has 0 aliphatic heterocycles. The third-order valence-electron chi connectivity index (χ3n) is 4.16. The Labute approximate surface area is 167 Å². The molecule has 27 heavy (non-hydrogen) atoms. The number of hydrogen-bond acceptors (Lipinski definition) is 4. The molecule has 0 spiro atoms. The highest BCUT2D eigenvalue weighted by Gasteiger charge is 2.22. The molecule has 0 heterocycles. The van der Waals surface area contributed by atoms with Crippen LogP contribution in [-0.2, 0) is 27.8 Å². The minimum atomic E-state index is -3.49. The number of carbonyl (C=O) groups is 1. The second-order valence-corrected chi connectivity index (χ2v) is 8.45. The predicted molar refractivity (Wildman–Crippen MR) is 110 cm³/mol. The zero-order chi connectivity index (χ0) is 19.3. The van der Waals surface area contributed by atoms with Gasteiger partial charge in [-0.15, -0.1) is 12.4 Å². The molecule has 0 fully saturated rings. The Bertz CT molecular complexity index is 851. The number of amides is 1. The molecule has 0 aliphatic carbocycles. The molecule has 0 saturated heterocycles. The Hall–Kier alpha value is -2.09. The lowest BCUT2D eigenvalue weighted by Crippen LogP contribution is -2.33. The summed E-state index contributed by atoms with van der Waals surface area (Å²) in [7, 11) is -1.93. The van der Waals surface area contributed by atoms with Crippen molar-refractivity contribution in [3.63, 3.8) is 0 Å². The average molecular weight is 412 g/mol. The first-order valence-electron chi connectivity index (χ1n) is 8.38. The van der Waals surface area contributed by atoms with E-state index in [4.69, 9.17) is 5.73 Å². The van der Waals surface area contributed by atoms with Gasteiger partial charge in [0.2, 0.25) is 15.9 Å². The van der Waals surface area contributed by atoms with Gasteiger partial charge in [-0.25, -0.2) is 8.42 Å². The maximum Gasteiger partial charge on any atom is 0.243 e. The highest BCUT2D eigenvalue weighted by Crippen LogP contribution is 2.17. The van der Waals surface area contributed by atoms with Gasteiger partial charge >= 0.3 is 0 Å². The quantitative estimate of drug-likeness (QED) is 0.685. The highest BCUT2D eigenvalue weighted by molar-refractivity contribution is 7.89. The van der Waals surface area contributed by atoms with Gasteiger partial charge in [-0.1, -0.05) is 24.3 Å². The molecule has 2 aromatic rings. The number of hydrogen-bond donors (Lipinski definition) is 2. The molecule has 0 aromatic heterocycles. The van der Waals surface area contributed by atoms with Gasteiger partial charge < -0.3 is 11.1 Å². The zero-order valence-corrected chi connectivity index (χ0v) is 17.3. The number of nitrogens with zero attached hydrogens (tertiary/aromatic N) is 1. The number of halogens is 1. The van der Waals surface area contributed by atoms with Crippen LogP contribution in [0.15, 0.2) is 53.4 Å². The molecule has 148 valence electrons. The van der Waals surface area contributed by atoms with Crippen LogP contribution in [0.5, 0.6) is 0 Å². The van der Waals surface area contributed by atoms with E-state index >= 15 is 0 Å². The van der Waals surface area contributed by atoms with Gasteiger partial charge in [0, 0.05) is 25.3 Å². The molecule has 8 heteroatoms. The number of nitrogen functional groups attached to an aromatic ring is 1. The highest BCUT2D eigenvalue weighted by atomic mass is 35.5. The van der Waals surface area contributed by atoms with Gasteiger partial charge in [-0.05, 0) is 49.2 Å². The second-order valence-electron chi connectivity index (χ2n) is 6.45. The third kappa shape index (κ3) is 6.23. The van der Waals surface area contributed by atoms with Gasteiger partial charge in [-0.3, -0.25) is 4.79 Å². The summed E-state index contributed by atoms with van der Waals surface area (Å²) in [6.07, 6.45) is 0.270. The molecule has 0 bridgehead atoms. The number of anilines is 1. The van der Waals surface area contributed by atoms with Crippen molar-refractivity contribution in [1.82, 2.24) is 9.62 Å². The van der Waals surface area contributed by atoms with E-state index in [-0.39, 0.29) is 35.7 Å². The fraction of sp³-hybridized carbons (Fsp3) is 0.316. The van der Waals surface area contributed by atoms with Crippen LogP contribution in [0.25, 0.3) is 0 Å². The maximum absolute atomic E-state index is 12.4. The van der Waals surface area contributed by atoms with Gasteiger partial charge in [0.05, 0.1) is 11.3 Å². The summed E-state index contributed by atoms with van der Waals surface area (Å²) in [5.74, 6) is -0.106. The fourth-order valence-electron chi connectivity index (χ4n) is 2.31. The first-order valence-corrected chi connectivity index (χ1v) is 9.82. The van der Waals surface area contributed by atoms with Crippen LogP contribution in [0.1, 0.15) is 25.0 Å². The average Bonchev–Trinajstić information content (AvgIpc) is 2.61. The second kappa shape index (κ2) is 9.73. The van der Waals surface area contributed by atoms with Gasteiger partial charge in [0.25, 0.3) is 0 Å². The summed E-state index contributed by atoms with van der Waals surface area (Å²) in [5.41, 5.74) is 8.00. The van der Waals surface area contributed by atoms with Crippen molar-refractivity contribution in [1.29, 1.82) is 0 Å². The Morgan fingerprint density at radius 2 is 1.56 bits per heavy atom. The summed E-state index contributed by atoms with van der Waals surface area (Å²) >= 11 is 0. The number of rotatable bonds is 7. The number of carbonyl (C=O) groups excluding carboxylic acids is 1. The van der Waals surface area contributed by atoms with E-state index < -0.39 is 10.0 Å². The van der Waals surface area contributed by atoms with E-state index in [1.165, 1.54) is 4.31 Å². The molecule has 6 nitrogen and oxygen atoms in total. The van der Waals surface area contributed by atoms with Crippen LogP contribution in [-0.4, -0.2) is 31.7 Å². The molecule has 0 aliphatic rings. The van der Waals surface area contributed by atoms with Crippen molar-refractivity contribution in [3.8, 4) is 0 Å². The van der Waals surface area contributed by atoms with E-state index in [1.807, 2.05) is 26.0 Å². The van der Waals surface area contributed by atoms with Crippen molar-refractivity contribution >= 4 is 34.0 Å². The number of nitrogens with one attached hydrogen (secondary N) is 1. The van der Waals surface area contributed by atoms with Crippen molar-refractivity contribution in [3.05, 3.63) is 59.7 Å². The van der Waals surface area contributed by atoms with Crippen LogP contribution in [0.2, 0.25) is 0 Å². The molecule has 2 rings (SSSR count). The minimum absolute atomic E-state index is 0. The first-order chi connectivity index (χ1) is 12.2. The Balaban J connectivity index is 0.00000364. The minimum Gasteiger partial charge on any atom is -0.399 e. The van der Waals surface area contributed by atoms with Crippen LogP contribution < -0.4 is 11.1 Å². The van der Waals surface area contributed by atoms with Crippen molar-refractivity contribution in [2.45, 2.75) is 37.8 Å². The van der Waals surface area contributed by atoms with Gasteiger partial charge in [0.1, 0.15) is 0 Å². The molecular formula is C19H26ClN3O3S. The van der Waals surface area contributed by atoms with Crippen molar-refractivity contribution in [2.24, 2.45) is 0 Å². The van der Waals surface area contributed by atoms with Gasteiger partial charge in [-0.2, -0.15) is 4.31 Å². The van der Waals surface area contributed by atoms with Crippen LogP contribution >= 0.6 is 12.4 Å². The van der Waals surface area contributed by atoms with Crippen molar-refractivity contribution < 1.29 is 13.2 Å². The summed E-state index contributed by atoms with van der Waals surface area (Å²) in [5, 5.41) is 2.83. The molecule has 0 unspecified atom stereocenters. The van der Waals surface area contributed by atoms with Crippen LogP contribution in [0.4, 0.5) is 5.69 Å². The topological polar surface area (TPSA) is 92.5 Å². The monoisotopic (exact) mass is 411 g/mol. The van der Waals surface area contributed by atoms with Crippen LogP contribution in [0, 0.1) is 0 Å². The Morgan fingerprint density at radius 3 is 2.07 bits per heavy atom. The van der Waals surface area contributed by atoms with Gasteiger partial charge in [0.15, 0.2) is 0 Å². The lowest BCUT2D eigenvalue weighted by Gasteiger charge is -2.21. The normalized spacial score (nSPS) is 11.3. The molecule has 3 N–H and O–H groups in total. The first kappa shape index (κ1) is 23.0. The van der Waals surface area contributed by atoms with E-state index in [1.54, 1.807) is 43.4 Å². The smallest absolute Gasteiger partial charge is 0.243 e. The molecule has 0 saturated carbocycles. The third-order valence-corrected chi connectivity index (χ3v) is 6.21. The summed E-state index contributed by atoms with van der Waals surface area (Å²) in [4.78, 5) is 12.3. The lowest BCUT2D eigenvalue weighted by atomic mass is 10.1. The van der Waals surface area contributed by atoms with E-state index in [0.717, 1.165) is 11.1 Å². The largest absolute Gasteiger partial charge is 0.399 e. The van der Waals surface area contributed by atoms with E-state index in [9.17, 15) is 13.2 Å². The summed E-state index contributed by atoms with van der Waals surface area (Å²) in [6.45, 7) is 3.99. The number of nitrogens with two attached hydrogens (primary N) is 1. The standard InChI is InChI=1S/C19H25N3O3S.ClH/c1-14(2)22(3)26(24,25)18-10-6-16(7-11-18)13-21-19(23)12-15-4-8-17(20)9-5-15;/h4-11,14H,12-13,20H2,1-3H3,(H,21,23);1H. The number of sulfonamides is 1. The van der Waals surface area contributed by atoms with E-state index in [2.05, 4.69) is 5.32 Å². The fourth-order valence-corrected chi connectivity index (χ4v) is 3.67. The van der Waals surface area contributed by atoms with Crippen molar-refractivity contribution in [2.75, 3.05) is 12.8 Å². The maximum atomic E-state index is 12.4. The summed E-state index contributed by atoms with van der Waals surface area (Å²) in [6, 6.07) is 13.6. The molecular weight excluding hydrogens is 386 g/mol. The predicted octanol–water partition coefficient (Wildman–Crippen LogP) is 2.58. The molecule has 1 amide bonds. The molecule has 2 aromatic carbocycles. The summed E-state index contributed by atoms with van der Waals surface area (Å²) < 4.78 is 26.2. The molecule has 0 radical (unpaired) electrons. The van der Waals surface area contributed by atoms with Crippen LogP contribution in [0.3, 0.4) is 0 Å². The molecule has 0 atom stereocenters. The Kier molecular flexibility index (Phi) is 8.27.